The summed E-state index contributed by atoms with van der Waals surface area (Å²) in [6, 6.07) is 11.2. The van der Waals surface area contributed by atoms with Gasteiger partial charge in [-0.05, 0) is 37.1 Å². The number of halogens is 3. The maximum atomic E-state index is 13.2. The third kappa shape index (κ3) is 5.79. The molecule has 0 amide bonds. The van der Waals surface area contributed by atoms with Gasteiger partial charge in [-0.15, -0.1) is 0 Å². The average molecular weight is 471 g/mol. The summed E-state index contributed by atoms with van der Waals surface area (Å²) >= 11 is 0. The van der Waals surface area contributed by atoms with Crippen molar-refractivity contribution >= 4 is 29.7 Å². The minimum atomic E-state index is -4.48. The lowest BCUT2D eigenvalue weighted by atomic mass is 10.1. The standard InChI is InChI=1S/C23H24F3N7O/c1-15-7-8-16(2)19(13-15)28-20-29-21(31-22(30-20)33-9-11-34-12-10-33)32-27-14-17-5-3-4-6-18(17)23(24,25)26/h3-8,13-14H,9-12H2,1-2H3,(H2,28,29,30,31,32)/b27-14+. The molecule has 1 fully saturated rings. The molecule has 11 heteroatoms. The molecule has 0 unspecified atom stereocenters. The van der Waals surface area contributed by atoms with Crippen LogP contribution in [0.3, 0.4) is 0 Å². The van der Waals surface area contributed by atoms with E-state index in [0.29, 0.717) is 38.2 Å². The van der Waals surface area contributed by atoms with Crippen LogP contribution in [0, 0.1) is 13.8 Å². The number of hydrogen-bond donors (Lipinski definition) is 2. The maximum absolute atomic E-state index is 13.2. The fourth-order valence-electron chi connectivity index (χ4n) is 3.39. The Hall–Kier alpha value is -3.73. The van der Waals surface area contributed by atoms with E-state index in [0.717, 1.165) is 29.1 Å². The zero-order valence-electron chi connectivity index (χ0n) is 18.7. The van der Waals surface area contributed by atoms with Crippen LogP contribution in [0.2, 0.25) is 0 Å². The molecule has 1 aromatic heterocycles. The predicted octanol–water partition coefficient (Wildman–Crippen LogP) is 4.53. The Labute approximate surface area is 194 Å². The van der Waals surface area contributed by atoms with E-state index < -0.39 is 11.7 Å². The summed E-state index contributed by atoms with van der Waals surface area (Å²) in [5.41, 5.74) is 4.72. The zero-order valence-corrected chi connectivity index (χ0v) is 18.7. The largest absolute Gasteiger partial charge is 0.417 e. The minimum absolute atomic E-state index is 0.0707. The van der Waals surface area contributed by atoms with Gasteiger partial charge in [-0.25, -0.2) is 5.43 Å². The summed E-state index contributed by atoms with van der Waals surface area (Å²) in [6.45, 7) is 6.25. The molecule has 8 nitrogen and oxygen atoms in total. The van der Waals surface area contributed by atoms with Gasteiger partial charge >= 0.3 is 6.18 Å². The molecule has 4 rings (SSSR count). The van der Waals surface area contributed by atoms with Crippen molar-refractivity contribution in [1.29, 1.82) is 0 Å². The molecule has 3 aromatic rings. The van der Waals surface area contributed by atoms with E-state index in [-0.39, 0.29) is 11.5 Å². The number of anilines is 4. The summed E-state index contributed by atoms with van der Waals surface area (Å²) in [5.74, 6) is 0.808. The number of nitrogens with one attached hydrogen (secondary N) is 2. The van der Waals surface area contributed by atoms with E-state index in [2.05, 4.69) is 30.8 Å². The highest BCUT2D eigenvalue weighted by Crippen LogP contribution is 2.31. The van der Waals surface area contributed by atoms with Crippen LogP contribution in [-0.4, -0.2) is 47.5 Å². The van der Waals surface area contributed by atoms with Crippen molar-refractivity contribution in [3.8, 4) is 0 Å². The van der Waals surface area contributed by atoms with Crippen molar-refractivity contribution in [3.63, 3.8) is 0 Å². The van der Waals surface area contributed by atoms with Crippen molar-refractivity contribution < 1.29 is 17.9 Å². The molecular weight excluding hydrogens is 447 g/mol. The van der Waals surface area contributed by atoms with Crippen molar-refractivity contribution in [1.82, 2.24) is 15.0 Å². The smallest absolute Gasteiger partial charge is 0.378 e. The summed E-state index contributed by atoms with van der Waals surface area (Å²) in [7, 11) is 0. The van der Waals surface area contributed by atoms with Gasteiger partial charge in [-0.1, -0.05) is 30.3 Å². The molecule has 2 aromatic carbocycles. The Bertz CT molecular complexity index is 1180. The van der Waals surface area contributed by atoms with Gasteiger partial charge < -0.3 is 15.0 Å². The third-order valence-electron chi connectivity index (χ3n) is 5.19. The first kappa shape index (κ1) is 23.4. The van der Waals surface area contributed by atoms with Crippen LogP contribution >= 0.6 is 0 Å². The van der Waals surface area contributed by atoms with Crippen LogP contribution in [0.1, 0.15) is 22.3 Å². The van der Waals surface area contributed by atoms with Gasteiger partial charge in [0, 0.05) is 24.3 Å². The van der Waals surface area contributed by atoms with Crippen LogP contribution in [0.15, 0.2) is 47.6 Å². The van der Waals surface area contributed by atoms with Crippen LogP contribution in [0.4, 0.5) is 36.7 Å². The van der Waals surface area contributed by atoms with Gasteiger partial charge in [0.1, 0.15) is 0 Å². The van der Waals surface area contributed by atoms with Gasteiger partial charge in [0.25, 0.3) is 0 Å². The molecule has 1 saturated heterocycles. The first-order valence-corrected chi connectivity index (χ1v) is 10.7. The molecule has 178 valence electrons. The van der Waals surface area contributed by atoms with E-state index in [1.54, 1.807) is 0 Å². The summed E-state index contributed by atoms with van der Waals surface area (Å²) in [6.07, 6.45) is -3.39. The van der Waals surface area contributed by atoms with Gasteiger partial charge in [-0.2, -0.15) is 33.2 Å². The molecule has 0 radical (unpaired) electrons. The van der Waals surface area contributed by atoms with Crippen molar-refractivity contribution in [2.75, 3.05) is 41.9 Å². The Kier molecular flexibility index (Phi) is 6.92. The molecule has 1 aliphatic heterocycles. The number of nitrogens with zero attached hydrogens (tertiary/aromatic N) is 5. The summed E-state index contributed by atoms with van der Waals surface area (Å²) < 4.78 is 45.1. The van der Waals surface area contributed by atoms with Crippen LogP contribution in [0.5, 0.6) is 0 Å². The molecular formula is C23H24F3N7O. The van der Waals surface area contributed by atoms with E-state index in [1.165, 1.54) is 18.2 Å². The average Bonchev–Trinajstić information content (AvgIpc) is 2.82. The fourth-order valence-corrected chi connectivity index (χ4v) is 3.39. The highest BCUT2D eigenvalue weighted by Gasteiger charge is 2.32. The molecule has 0 saturated carbocycles. The number of ether oxygens (including phenoxy) is 1. The number of morpholine rings is 1. The van der Waals surface area contributed by atoms with Gasteiger partial charge in [0.15, 0.2) is 0 Å². The minimum Gasteiger partial charge on any atom is -0.378 e. The number of aryl methyl sites for hydroxylation is 2. The van der Waals surface area contributed by atoms with Crippen molar-refractivity contribution in [2.24, 2.45) is 5.10 Å². The van der Waals surface area contributed by atoms with Gasteiger partial charge in [-0.3, -0.25) is 0 Å². The second-order valence-electron chi connectivity index (χ2n) is 7.78. The first-order chi connectivity index (χ1) is 16.3. The van der Waals surface area contributed by atoms with Crippen LogP contribution in [-0.2, 0) is 10.9 Å². The number of benzene rings is 2. The molecule has 0 aliphatic carbocycles. The number of alkyl halides is 3. The third-order valence-corrected chi connectivity index (χ3v) is 5.19. The molecule has 34 heavy (non-hydrogen) atoms. The summed E-state index contributed by atoms with van der Waals surface area (Å²) in [4.78, 5) is 15.2. The lowest BCUT2D eigenvalue weighted by Crippen LogP contribution is -2.37. The highest BCUT2D eigenvalue weighted by atomic mass is 19.4. The molecule has 2 heterocycles. The molecule has 0 atom stereocenters. The Balaban J connectivity index is 1.62. The molecule has 0 bridgehead atoms. The van der Waals surface area contributed by atoms with Gasteiger partial charge in [0.2, 0.25) is 17.8 Å². The van der Waals surface area contributed by atoms with E-state index in [9.17, 15) is 13.2 Å². The molecule has 1 aliphatic rings. The lowest BCUT2D eigenvalue weighted by Gasteiger charge is -2.27. The number of hydrogen-bond acceptors (Lipinski definition) is 8. The van der Waals surface area contributed by atoms with Crippen molar-refractivity contribution in [2.45, 2.75) is 20.0 Å². The van der Waals surface area contributed by atoms with E-state index in [4.69, 9.17) is 4.74 Å². The highest BCUT2D eigenvalue weighted by molar-refractivity contribution is 5.82. The lowest BCUT2D eigenvalue weighted by molar-refractivity contribution is -0.137. The second kappa shape index (κ2) is 10.0. The monoisotopic (exact) mass is 471 g/mol. The fraction of sp³-hybridized carbons (Fsp3) is 0.304. The SMILES string of the molecule is Cc1ccc(C)c(Nc2nc(N/N=C/c3ccccc3C(F)(F)F)nc(N3CCOCC3)n2)c1. The van der Waals surface area contributed by atoms with Crippen molar-refractivity contribution in [3.05, 3.63) is 64.7 Å². The second-order valence-corrected chi connectivity index (χ2v) is 7.78. The van der Waals surface area contributed by atoms with Crippen LogP contribution < -0.4 is 15.6 Å². The number of aromatic nitrogens is 3. The quantitative estimate of drug-likeness (QED) is 0.403. The zero-order chi connectivity index (χ0) is 24.1. The molecule has 2 N–H and O–H groups in total. The predicted molar refractivity (Wildman–Crippen MR) is 125 cm³/mol. The maximum Gasteiger partial charge on any atom is 0.417 e. The number of hydrazone groups is 1. The van der Waals surface area contributed by atoms with Gasteiger partial charge in [0.05, 0.1) is 25.0 Å². The first-order valence-electron chi connectivity index (χ1n) is 10.7. The Morgan fingerprint density at radius 2 is 1.74 bits per heavy atom. The Morgan fingerprint density at radius 3 is 2.50 bits per heavy atom. The normalized spacial score (nSPS) is 14.4. The topological polar surface area (TPSA) is 87.6 Å². The van der Waals surface area contributed by atoms with E-state index in [1.807, 2.05) is 36.9 Å². The number of rotatable bonds is 6. The van der Waals surface area contributed by atoms with E-state index >= 15 is 0 Å². The Morgan fingerprint density at radius 1 is 1.00 bits per heavy atom. The summed E-state index contributed by atoms with van der Waals surface area (Å²) in [5, 5.41) is 7.16. The van der Waals surface area contributed by atoms with Crippen LogP contribution in [0.25, 0.3) is 0 Å². The molecule has 0 spiro atoms.